The molecule has 0 spiro atoms. The van der Waals surface area contributed by atoms with Crippen LogP contribution in [0.2, 0.25) is 10.0 Å². The molecule has 2 bridgehead atoms. The molecule has 3 saturated carbocycles. The summed E-state index contributed by atoms with van der Waals surface area (Å²) in [5.41, 5.74) is 2.77. The highest BCUT2D eigenvalue weighted by Gasteiger charge is 2.56. The second-order valence-corrected chi connectivity index (χ2v) is 15.0. The zero-order chi connectivity index (χ0) is 33.7. The average molecular weight is 688 g/mol. The lowest BCUT2D eigenvalue weighted by Gasteiger charge is -2.61. The summed E-state index contributed by atoms with van der Waals surface area (Å²) < 4.78 is 1.63. The second-order valence-electron chi connectivity index (χ2n) is 14.1. The van der Waals surface area contributed by atoms with Crippen LogP contribution in [0.1, 0.15) is 46.1 Å². The van der Waals surface area contributed by atoms with Crippen molar-refractivity contribution in [2.45, 2.75) is 65.6 Å². The largest absolute Gasteiger partial charge is 0.350 e. The molecule has 5 atom stereocenters. The van der Waals surface area contributed by atoms with Gasteiger partial charge in [-0.25, -0.2) is 15.0 Å². The quantitative estimate of drug-likeness (QED) is 0.187. The van der Waals surface area contributed by atoms with Crippen molar-refractivity contribution >= 4 is 51.7 Å². The van der Waals surface area contributed by atoms with Crippen LogP contribution >= 0.6 is 23.2 Å². The number of amides is 1. The zero-order valence-electron chi connectivity index (χ0n) is 27.6. The van der Waals surface area contributed by atoms with Gasteiger partial charge in [0.1, 0.15) is 5.69 Å². The van der Waals surface area contributed by atoms with Crippen molar-refractivity contribution in [2.75, 3.05) is 18.4 Å². The number of benzene rings is 2. The number of carbonyl (C=O) groups is 1. The lowest BCUT2D eigenvalue weighted by molar-refractivity contribution is -0.124. The van der Waals surface area contributed by atoms with E-state index >= 15 is 0 Å². The Morgan fingerprint density at radius 3 is 2.65 bits per heavy atom. The first-order valence-electron chi connectivity index (χ1n) is 16.6. The van der Waals surface area contributed by atoms with E-state index in [1.54, 1.807) is 41.4 Å². The van der Waals surface area contributed by atoms with E-state index < -0.39 is 0 Å². The number of nitrogens with one attached hydrogen (secondary N) is 2. The van der Waals surface area contributed by atoms with Crippen molar-refractivity contribution in [3.8, 4) is 11.5 Å². The van der Waals surface area contributed by atoms with Gasteiger partial charge in [-0.15, -0.1) is 0 Å². The smallest absolute Gasteiger partial charge is 0.261 e. The summed E-state index contributed by atoms with van der Waals surface area (Å²) in [6.07, 6.45) is 7.57. The van der Waals surface area contributed by atoms with Crippen LogP contribution in [0, 0.1) is 23.2 Å². The van der Waals surface area contributed by atoms with Gasteiger partial charge in [-0.3, -0.25) is 19.1 Å². The van der Waals surface area contributed by atoms with Gasteiger partial charge in [0.25, 0.3) is 5.56 Å². The van der Waals surface area contributed by atoms with E-state index in [9.17, 15) is 9.59 Å². The lowest BCUT2D eigenvalue weighted by Crippen LogP contribution is -2.58. The van der Waals surface area contributed by atoms with Gasteiger partial charge >= 0.3 is 0 Å². The third-order valence-corrected chi connectivity index (χ3v) is 11.3. The number of guanidine groups is 1. The Bertz CT molecular complexity index is 1960. The minimum Gasteiger partial charge on any atom is -0.350 e. The average Bonchev–Trinajstić information content (AvgIpc) is 3.05. The number of piperazine rings is 1. The van der Waals surface area contributed by atoms with Crippen LogP contribution in [0.15, 0.2) is 64.8 Å². The molecule has 4 fully saturated rings. The fraction of sp³-hybridized carbons (Fsp3) is 0.444. The second kappa shape index (κ2) is 12.8. The fourth-order valence-electron chi connectivity index (χ4n) is 7.94. The van der Waals surface area contributed by atoms with Crippen LogP contribution < -0.4 is 16.2 Å². The highest BCUT2D eigenvalue weighted by atomic mass is 35.5. The normalized spacial score (nSPS) is 25.0. The molecule has 2 aromatic carbocycles. The first-order chi connectivity index (χ1) is 23.0. The van der Waals surface area contributed by atoms with E-state index in [1.165, 1.54) is 6.42 Å². The summed E-state index contributed by atoms with van der Waals surface area (Å²) in [6, 6.07) is 11.0. The summed E-state index contributed by atoms with van der Waals surface area (Å²) in [4.78, 5) is 47.7. The molecule has 48 heavy (non-hydrogen) atoms. The fourth-order valence-corrected chi connectivity index (χ4v) is 8.44. The molecular weight excluding hydrogens is 647 g/mol. The van der Waals surface area contributed by atoms with Crippen molar-refractivity contribution in [3.05, 3.63) is 81.0 Å². The molecule has 4 aromatic rings. The number of halogens is 2. The van der Waals surface area contributed by atoms with Gasteiger partial charge in [0.05, 0.1) is 29.7 Å². The maximum atomic E-state index is 14.0. The van der Waals surface area contributed by atoms with Gasteiger partial charge in [-0.1, -0.05) is 50.0 Å². The number of aliphatic imine (C=N–C) groups is 1. The van der Waals surface area contributed by atoms with Crippen molar-refractivity contribution in [3.63, 3.8) is 0 Å². The zero-order valence-corrected chi connectivity index (χ0v) is 29.1. The number of rotatable bonds is 6. The maximum Gasteiger partial charge on any atom is 0.261 e. The molecule has 1 aliphatic heterocycles. The third kappa shape index (κ3) is 6.16. The van der Waals surface area contributed by atoms with Crippen LogP contribution in [-0.4, -0.2) is 61.5 Å². The van der Waals surface area contributed by atoms with Gasteiger partial charge in [0.2, 0.25) is 5.91 Å². The Morgan fingerprint density at radius 1 is 1.10 bits per heavy atom. The Kier molecular flexibility index (Phi) is 8.66. The van der Waals surface area contributed by atoms with Crippen molar-refractivity contribution in [2.24, 2.45) is 28.2 Å². The van der Waals surface area contributed by atoms with Crippen LogP contribution in [-0.2, 0) is 17.8 Å². The first kappa shape index (κ1) is 32.5. The molecule has 2 N–H and O–H groups in total. The van der Waals surface area contributed by atoms with Crippen molar-refractivity contribution < 1.29 is 4.79 Å². The third-order valence-electron chi connectivity index (χ3n) is 10.8. The van der Waals surface area contributed by atoms with Crippen LogP contribution in [0.5, 0.6) is 0 Å². The number of carbonyl (C=O) groups excluding carboxylic acids is 1. The monoisotopic (exact) mass is 686 g/mol. The predicted molar refractivity (Wildman–Crippen MR) is 190 cm³/mol. The minimum absolute atomic E-state index is 0.0107. The van der Waals surface area contributed by atoms with E-state index in [4.69, 9.17) is 33.2 Å². The number of aromatic nitrogens is 4. The number of nitrogens with zero attached hydrogens (tertiary/aromatic N) is 6. The van der Waals surface area contributed by atoms with Crippen LogP contribution in [0.3, 0.4) is 0 Å². The summed E-state index contributed by atoms with van der Waals surface area (Å²) in [6.45, 7) is 10.3. The SMILES string of the molecule is C[C@@H]1[C@@H](N=C(Nc2ccc3c(=O)n(CCc4ccc(Cl)cc4Cl)c(-c4cnccn4)nc3c2)N2CC(=O)N[C@@H](C)C2)C[C@H]2C[C@@H]1C2(C)C. The minimum atomic E-state index is -0.189. The number of fused-ring (bicyclic) bond motifs is 3. The lowest BCUT2D eigenvalue weighted by atomic mass is 9.45. The first-order valence-corrected chi connectivity index (χ1v) is 17.4. The number of anilines is 1. The van der Waals surface area contributed by atoms with E-state index in [0.29, 0.717) is 81.1 Å². The summed E-state index contributed by atoms with van der Waals surface area (Å²) >= 11 is 12.6. The molecule has 3 heterocycles. The molecule has 0 radical (unpaired) electrons. The molecule has 1 amide bonds. The topological polar surface area (TPSA) is 117 Å². The molecule has 1 saturated heterocycles. The molecule has 2 aromatic heterocycles. The predicted octanol–water partition coefficient (Wildman–Crippen LogP) is 6.06. The molecule has 8 rings (SSSR count). The molecule has 250 valence electrons. The molecule has 12 heteroatoms. The Balaban J connectivity index is 1.24. The van der Waals surface area contributed by atoms with Crippen molar-refractivity contribution in [1.29, 1.82) is 0 Å². The Morgan fingerprint density at radius 2 is 1.94 bits per heavy atom. The summed E-state index contributed by atoms with van der Waals surface area (Å²) in [5.74, 6) is 2.78. The summed E-state index contributed by atoms with van der Waals surface area (Å²) in [5, 5.41) is 8.13. The van der Waals surface area contributed by atoms with Crippen molar-refractivity contribution in [1.82, 2.24) is 29.7 Å². The summed E-state index contributed by atoms with van der Waals surface area (Å²) in [7, 11) is 0. The van der Waals surface area contributed by atoms with Crippen LogP contribution in [0.25, 0.3) is 22.4 Å². The Labute approximate surface area is 290 Å². The molecular formula is C36H40Cl2N8O2. The standard InChI is InChI=1S/C36H40Cl2N8O2/c1-20-18-45(19-32(47)41-20)35(44-29-14-23-13-27(21(29)2)36(23,3)4)42-25-7-8-26-30(16-25)43-33(31-17-39-10-11-40-31)46(34(26)48)12-9-22-5-6-24(37)15-28(22)38/h5-8,10-11,15-17,20-21,23,27,29H,9,12-14,18-19H2,1-4H3,(H,41,47)(H,42,44)/t20-,21-,23+,27-,29-/m0/s1. The van der Waals surface area contributed by atoms with E-state index in [-0.39, 0.29) is 30.1 Å². The number of hydrogen-bond donors (Lipinski definition) is 2. The molecule has 4 aliphatic rings. The van der Waals surface area contributed by atoms with Gasteiger partial charge in [0.15, 0.2) is 11.8 Å². The van der Waals surface area contributed by atoms with Gasteiger partial charge < -0.3 is 15.5 Å². The molecule has 0 unspecified atom stereocenters. The van der Waals surface area contributed by atoms with Gasteiger partial charge in [-0.2, -0.15) is 0 Å². The van der Waals surface area contributed by atoms with E-state index in [1.807, 2.05) is 30.0 Å². The maximum absolute atomic E-state index is 14.0. The molecule has 10 nitrogen and oxygen atoms in total. The Hall–Kier alpha value is -4.02. The highest BCUT2D eigenvalue weighted by Crippen LogP contribution is 2.61. The van der Waals surface area contributed by atoms with E-state index in [0.717, 1.165) is 17.7 Å². The molecule has 3 aliphatic carbocycles. The number of hydrogen-bond acceptors (Lipinski definition) is 6. The highest BCUT2D eigenvalue weighted by molar-refractivity contribution is 6.35. The van der Waals surface area contributed by atoms with Gasteiger partial charge in [-0.05, 0) is 85.3 Å². The van der Waals surface area contributed by atoms with Crippen LogP contribution in [0.4, 0.5) is 5.69 Å². The van der Waals surface area contributed by atoms with Gasteiger partial charge in [0, 0.05) is 47.3 Å². The van der Waals surface area contributed by atoms with E-state index in [2.05, 4.69) is 41.4 Å². The number of aryl methyl sites for hydroxylation is 1.